The van der Waals surface area contributed by atoms with Crippen molar-refractivity contribution in [1.29, 1.82) is 0 Å². The highest BCUT2D eigenvalue weighted by Crippen LogP contribution is 2.35. The van der Waals surface area contributed by atoms with Crippen molar-refractivity contribution in [3.8, 4) is 0 Å². The molecule has 1 fully saturated rings. The van der Waals surface area contributed by atoms with E-state index in [1.54, 1.807) is 24.5 Å². The van der Waals surface area contributed by atoms with Gasteiger partial charge < -0.3 is 4.74 Å². The largest absolute Gasteiger partial charge is 0.370 e. The fourth-order valence-electron chi connectivity index (χ4n) is 1.68. The van der Waals surface area contributed by atoms with Gasteiger partial charge in [0.05, 0.1) is 0 Å². The summed E-state index contributed by atoms with van der Waals surface area (Å²) in [6.07, 6.45) is 5.24. The van der Waals surface area contributed by atoms with Crippen molar-refractivity contribution >= 4 is 5.78 Å². The van der Waals surface area contributed by atoms with E-state index in [0.717, 1.165) is 12.8 Å². The molecule has 0 aromatic carbocycles. The second kappa shape index (κ2) is 4.53. The van der Waals surface area contributed by atoms with E-state index in [9.17, 15) is 4.79 Å². The van der Waals surface area contributed by atoms with Crippen molar-refractivity contribution < 1.29 is 9.53 Å². The standard InChI is InChI=1S/C12H15NO2/c1-2-15-12(9-5-6-9)11(14)10-4-3-7-13-8-10/h3-4,7-9,12H,2,5-6H2,1H3. The van der Waals surface area contributed by atoms with Crippen LogP contribution in [0.25, 0.3) is 0 Å². The Morgan fingerprint density at radius 1 is 1.67 bits per heavy atom. The maximum absolute atomic E-state index is 12.1. The van der Waals surface area contributed by atoms with Gasteiger partial charge in [-0.2, -0.15) is 0 Å². The van der Waals surface area contributed by atoms with Crippen molar-refractivity contribution in [2.45, 2.75) is 25.9 Å². The number of nitrogens with zero attached hydrogens (tertiary/aromatic N) is 1. The summed E-state index contributed by atoms with van der Waals surface area (Å²) < 4.78 is 5.50. The van der Waals surface area contributed by atoms with Crippen molar-refractivity contribution in [2.24, 2.45) is 5.92 Å². The van der Waals surface area contributed by atoms with Crippen LogP contribution in [-0.2, 0) is 4.74 Å². The molecule has 1 atom stereocenters. The molecule has 1 aliphatic rings. The van der Waals surface area contributed by atoms with Gasteiger partial charge in [-0.3, -0.25) is 9.78 Å². The summed E-state index contributed by atoms with van der Waals surface area (Å²) >= 11 is 0. The summed E-state index contributed by atoms with van der Waals surface area (Å²) in [6.45, 7) is 2.51. The first-order valence-corrected chi connectivity index (χ1v) is 5.38. The average Bonchev–Trinajstić information content (AvgIpc) is 3.10. The number of ether oxygens (including phenoxy) is 1. The minimum atomic E-state index is -0.251. The molecule has 3 nitrogen and oxygen atoms in total. The molecule has 1 heterocycles. The molecule has 0 bridgehead atoms. The number of rotatable bonds is 5. The van der Waals surface area contributed by atoms with E-state index in [4.69, 9.17) is 4.74 Å². The second-order valence-corrected chi connectivity index (χ2v) is 3.82. The molecule has 80 valence electrons. The van der Waals surface area contributed by atoms with Gasteiger partial charge in [0.1, 0.15) is 6.10 Å². The molecule has 1 aromatic heterocycles. The Bertz CT molecular complexity index is 333. The first kappa shape index (κ1) is 10.3. The molecule has 2 rings (SSSR count). The summed E-state index contributed by atoms with van der Waals surface area (Å²) in [5, 5.41) is 0. The van der Waals surface area contributed by atoms with Crippen molar-refractivity contribution in [1.82, 2.24) is 4.98 Å². The zero-order valence-electron chi connectivity index (χ0n) is 8.85. The number of ketones is 1. The van der Waals surface area contributed by atoms with E-state index in [1.165, 1.54) is 0 Å². The van der Waals surface area contributed by atoms with E-state index in [0.29, 0.717) is 18.1 Å². The lowest BCUT2D eigenvalue weighted by Gasteiger charge is -2.14. The Kier molecular flexibility index (Phi) is 3.11. The van der Waals surface area contributed by atoms with Crippen molar-refractivity contribution in [2.75, 3.05) is 6.61 Å². The Labute approximate surface area is 89.5 Å². The smallest absolute Gasteiger partial charge is 0.193 e. The Morgan fingerprint density at radius 3 is 3.00 bits per heavy atom. The average molecular weight is 205 g/mol. The first-order chi connectivity index (χ1) is 7.33. The quantitative estimate of drug-likeness (QED) is 0.691. The van der Waals surface area contributed by atoms with Gasteiger partial charge in [-0.05, 0) is 37.8 Å². The third-order valence-corrected chi connectivity index (χ3v) is 2.60. The number of carbonyl (C=O) groups is 1. The molecule has 0 radical (unpaired) electrons. The van der Waals surface area contributed by atoms with E-state index in [2.05, 4.69) is 4.98 Å². The van der Waals surface area contributed by atoms with Crippen LogP contribution in [-0.4, -0.2) is 23.5 Å². The third-order valence-electron chi connectivity index (χ3n) is 2.60. The monoisotopic (exact) mass is 205 g/mol. The second-order valence-electron chi connectivity index (χ2n) is 3.82. The van der Waals surface area contributed by atoms with Crippen molar-refractivity contribution in [3.05, 3.63) is 30.1 Å². The molecule has 0 aliphatic heterocycles. The van der Waals surface area contributed by atoms with E-state index >= 15 is 0 Å². The maximum Gasteiger partial charge on any atom is 0.193 e. The lowest BCUT2D eigenvalue weighted by Crippen LogP contribution is -2.26. The normalized spacial score (nSPS) is 17.4. The Balaban J connectivity index is 2.10. The number of Topliss-reactive ketones (excluding diaryl/α,β-unsaturated/α-hetero) is 1. The number of aromatic nitrogens is 1. The van der Waals surface area contributed by atoms with Crippen LogP contribution in [0.15, 0.2) is 24.5 Å². The number of pyridine rings is 1. The zero-order chi connectivity index (χ0) is 10.7. The highest BCUT2D eigenvalue weighted by Gasteiger charge is 2.37. The first-order valence-electron chi connectivity index (χ1n) is 5.38. The van der Waals surface area contributed by atoms with E-state index in [1.807, 2.05) is 6.92 Å². The summed E-state index contributed by atoms with van der Waals surface area (Å²) in [5.74, 6) is 0.505. The van der Waals surface area contributed by atoms with Gasteiger partial charge in [0, 0.05) is 24.6 Å². The lowest BCUT2D eigenvalue weighted by molar-refractivity contribution is 0.0374. The molecule has 3 heteroatoms. The molecule has 1 aromatic rings. The molecule has 15 heavy (non-hydrogen) atoms. The van der Waals surface area contributed by atoms with Gasteiger partial charge in [0.15, 0.2) is 5.78 Å². The van der Waals surface area contributed by atoms with Crippen LogP contribution >= 0.6 is 0 Å². The fraction of sp³-hybridized carbons (Fsp3) is 0.500. The summed E-state index contributed by atoms with van der Waals surface area (Å²) in [5.41, 5.74) is 0.655. The minimum absolute atomic E-state index is 0.0763. The highest BCUT2D eigenvalue weighted by molar-refractivity contribution is 5.99. The van der Waals surface area contributed by atoms with Crippen LogP contribution in [0.3, 0.4) is 0 Å². The minimum Gasteiger partial charge on any atom is -0.370 e. The maximum atomic E-state index is 12.1. The van der Waals surface area contributed by atoms with Gasteiger partial charge in [-0.25, -0.2) is 0 Å². The predicted octanol–water partition coefficient (Wildman–Crippen LogP) is 2.08. The van der Waals surface area contributed by atoms with Gasteiger partial charge in [0.2, 0.25) is 0 Å². The summed E-state index contributed by atoms with van der Waals surface area (Å²) in [7, 11) is 0. The number of carbonyl (C=O) groups excluding carboxylic acids is 1. The third kappa shape index (κ3) is 2.42. The topological polar surface area (TPSA) is 39.2 Å². The van der Waals surface area contributed by atoms with Crippen molar-refractivity contribution in [3.63, 3.8) is 0 Å². The van der Waals surface area contributed by atoms with Crippen LogP contribution < -0.4 is 0 Å². The summed E-state index contributed by atoms with van der Waals surface area (Å²) in [4.78, 5) is 16.0. The van der Waals surface area contributed by atoms with Crippen LogP contribution in [0, 0.1) is 5.92 Å². The van der Waals surface area contributed by atoms with E-state index in [-0.39, 0.29) is 11.9 Å². The molecule has 0 saturated heterocycles. The van der Waals surface area contributed by atoms with E-state index < -0.39 is 0 Å². The predicted molar refractivity (Wildman–Crippen MR) is 56.7 cm³/mol. The molecule has 0 N–H and O–H groups in total. The van der Waals surface area contributed by atoms with Gasteiger partial charge >= 0.3 is 0 Å². The molecule has 0 spiro atoms. The molecule has 1 saturated carbocycles. The highest BCUT2D eigenvalue weighted by atomic mass is 16.5. The number of hydrogen-bond donors (Lipinski definition) is 0. The SMILES string of the molecule is CCOC(C(=O)c1cccnc1)C1CC1. The molecular formula is C12H15NO2. The van der Waals surface area contributed by atoms with Gasteiger partial charge in [-0.15, -0.1) is 0 Å². The molecule has 0 amide bonds. The fourth-order valence-corrected chi connectivity index (χ4v) is 1.68. The summed E-state index contributed by atoms with van der Waals surface area (Å²) in [6, 6.07) is 3.58. The van der Waals surface area contributed by atoms with Crippen LogP contribution in [0.1, 0.15) is 30.1 Å². The van der Waals surface area contributed by atoms with Gasteiger partial charge in [0.25, 0.3) is 0 Å². The zero-order valence-corrected chi connectivity index (χ0v) is 8.85. The van der Waals surface area contributed by atoms with Crippen LogP contribution in [0.5, 0.6) is 0 Å². The molecule has 1 aliphatic carbocycles. The Hall–Kier alpha value is -1.22. The Morgan fingerprint density at radius 2 is 2.47 bits per heavy atom. The van der Waals surface area contributed by atoms with Crippen LogP contribution in [0.2, 0.25) is 0 Å². The lowest BCUT2D eigenvalue weighted by atomic mass is 10.0. The number of hydrogen-bond acceptors (Lipinski definition) is 3. The molecule has 1 unspecified atom stereocenters. The van der Waals surface area contributed by atoms with Crippen LogP contribution in [0.4, 0.5) is 0 Å². The van der Waals surface area contributed by atoms with Gasteiger partial charge in [-0.1, -0.05) is 0 Å². The molecular weight excluding hydrogens is 190 g/mol.